The van der Waals surface area contributed by atoms with Crippen molar-refractivity contribution >= 4 is 0 Å². The van der Waals surface area contributed by atoms with Crippen LogP contribution in [-0.2, 0) is 19.3 Å². The van der Waals surface area contributed by atoms with Crippen LogP contribution in [0.5, 0.6) is 5.75 Å². The van der Waals surface area contributed by atoms with Crippen LogP contribution in [0.1, 0.15) is 49.8 Å². The fourth-order valence-electron chi connectivity index (χ4n) is 4.44. The smallest absolute Gasteiger partial charge is 0.201 e. The van der Waals surface area contributed by atoms with E-state index in [0.717, 1.165) is 23.1 Å². The van der Waals surface area contributed by atoms with Crippen molar-refractivity contribution in [1.29, 1.82) is 0 Å². The predicted octanol–water partition coefficient (Wildman–Crippen LogP) is 9.73. The number of ether oxygens (including phenoxy) is 1. The van der Waals surface area contributed by atoms with Gasteiger partial charge in [0.05, 0.1) is 6.26 Å². The van der Waals surface area contributed by atoms with Crippen LogP contribution in [0.4, 0.5) is 8.78 Å². The van der Waals surface area contributed by atoms with Crippen molar-refractivity contribution in [3.05, 3.63) is 126 Å². The summed E-state index contributed by atoms with van der Waals surface area (Å²) >= 11 is 0. The maximum atomic E-state index is 14.4. The number of benzene rings is 4. The fourth-order valence-corrected chi connectivity index (χ4v) is 4.44. The third-order valence-corrected chi connectivity index (χ3v) is 6.67. The van der Waals surface area contributed by atoms with E-state index in [1.54, 1.807) is 19.1 Å². The molecule has 0 heterocycles. The number of hydrogen-bond donors (Lipinski definition) is 0. The van der Waals surface area contributed by atoms with E-state index in [4.69, 9.17) is 4.74 Å². The second kappa shape index (κ2) is 13.0. The summed E-state index contributed by atoms with van der Waals surface area (Å²) in [5.41, 5.74) is 7.54. The average molecular weight is 497 g/mol. The van der Waals surface area contributed by atoms with Crippen LogP contribution in [0, 0.1) is 11.6 Å². The average Bonchev–Trinajstić information content (AvgIpc) is 2.94. The molecule has 0 saturated carbocycles. The van der Waals surface area contributed by atoms with Gasteiger partial charge in [0.15, 0.2) is 11.6 Å². The van der Waals surface area contributed by atoms with E-state index in [0.29, 0.717) is 18.4 Å². The molecule has 0 aliphatic heterocycles. The molecule has 0 amide bonds. The largest absolute Gasteiger partial charge is 0.462 e. The van der Waals surface area contributed by atoms with Gasteiger partial charge in [0.1, 0.15) is 0 Å². The molecule has 4 aromatic rings. The van der Waals surface area contributed by atoms with Crippen molar-refractivity contribution in [2.75, 3.05) is 0 Å². The van der Waals surface area contributed by atoms with Crippen LogP contribution in [-0.4, -0.2) is 0 Å². The zero-order valence-electron chi connectivity index (χ0n) is 21.6. The van der Waals surface area contributed by atoms with Gasteiger partial charge < -0.3 is 4.74 Å². The maximum absolute atomic E-state index is 14.4. The van der Waals surface area contributed by atoms with Crippen LogP contribution >= 0.6 is 0 Å². The Bertz CT molecular complexity index is 1300. The summed E-state index contributed by atoms with van der Waals surface area (Å²) in [6.07, 6.45) is 8.92. The first-order chi connectivity index (χ1) is 18.1. The van der Waals surface area contributed by atoms with E-state index in [1.165, 1.54) is 48.3 Å². The monoisotopic (exact) mass is 496 g/mol. The normalized spacial score (nSPS) is 11.2. The minimum Gasteiger partial charge on any atom is -0.462 e. The molecule has 0 saturated heterocycles. The molecular weight excluding hydrogens is 462 g/mol. The molecule has 37 heavy (non-hydrogen) atoms. The van der Waals surface area contributed by atoms with Gasteiger partial charge in [0, 0.05) is 0 Å². The first-order valence-corrected chi connectivity index (χ1v) is 13.1. The highest BCUT2D eigenvalue weighted by molar-refractivity contribution is 5.70. The van der Waals surface area contributed by atoms with Crippen molar-refractivity contribution in [1.82, 2.24) is 0 Å². The predicted molar refractivity (Wildman–Crippen MR) is 150 cm³/mol. The molecule has 0 unspecified atom stereocenters. The molecule has 190 valence electrons. The molecule has 0 N–H and O–H groups in total. The van der Waals surface area contributed by atoms with Crippen LogP contribution in [0.25, 0.3) is 22.3 Å². The third-order valence-electron chi connectivity index (χ3n) is 6.67. The number of allylic oxidation sites excluding steroid dienone is 1. The molecule has 0 radical (unpaired) electrons. The van der Waals surface area contributed by atoms with Gasteiger partial charge in [-0.25, -0.2) is 4.39 Å². The van der Waals surface area contributed by atoms with Gasteiger partial charge in [0.2, 0.25) is 5.82 Å². The quantitative estimate of drug-likeness (QED) is 0.148. The highest BCUT2D eigenvalue weighted by Crippen LogP contribution is 2.27. The van der Waals surface area contributed by atoms with Crippen LogP contribution in [0.2, 0.25) is 0 Å². The molecule has 0 spiro atoms. The van der Waals surface area contributed by atoms with Crippen molar-refractivity contribution < 1.29 is 13.5 Å². The molecule has 3 heteroatoms. The van der Waals surface area contributed by atoms with Gasteiger partial charge in [-0.15, -0.1) is 0 Å². The maximum Gasteiger partial charge on any atom is 0.201 e. The summed E-state index contributed by atoms with van der Waals surface area (Å²) in [4.78, 5) is 0. The Morgan fingerprint density at radius 1 is 0.595 bits per heavy atom. The summed E-state index contributed by atoms with van der Waals surface area (Å²) in [6, 6.07) is 28.9. The number of unbranched alkanes of at least 4 members (excludes halogenated alkanes) is 2. The van der Waals surface area contributed by atoms with Crippen LogP contribution in [0.15, 0.2) is 97.3 Å². The Morgan fingerprint density at radius 2 is 1.11 bits per heavy atom. The molecule has 0 atom stereocenters. The summed E-state index contributed by atoms with van der Waals surface area (Å²) in [5.74, 6) is -1.89. The second-order valence-electron chi connectivity index (χ2n) is 9.37. The van der Waals surface area contributed by atoms with Crippen molar-refractivity contribution in [2.45, 2.75) is 52.4 Å². The van der Waals surface area contributed by atoms with Crippen molar-refractivity contribution in [3.63, 3.8) is 0 Å². The van der Waals surface area contributed by atoms with E-state index in [2.05, 4.69) is 79.7 Å². The molecule has 0 aliphatic carbocycles. The minimum absolute atomic E-state index is 0.103. The first-order valence-electron chi connectivity index (χ1n) is 13.1. The molecule has 0 aliphatic rings. The van der Waals surface area contributed by atoms with Gasteiger partial charge in [0.25, 0.3) is 0 Å². The molecule has 0 fully saturated rings. The zero-order chi connectivity index (χ0) is 26.0. The Morgan fingerprint density at radius 3 is 1.62 bits per heavy atom. The van der Waals surface area contributed by atoms with E-state index >= 15 is 0 Å². The van der Waals surface area contributed by atoms with Gasteiger partial charge in [-0.05, 0) is 77.6 Å². The standard InChI is InChI=1S/C34H34F2O/c1-3-5-6-7-25-8-13-27(14-9-25)29-18-20-30(21-19-29)28-15-10-26(11-16-28)12-17-31-22-23-32(37-24-4-2)34(36)33(31)35/h4,8-11,13-16,18-24H,3,5-7,12,17H2,1-2H3. The lowest BCUT2D eigenvalue weighted by molar-refractivity contribution is 0.411. The lowest BCUT2D eigenvalue weighted by atomic mass is 9.97. The highest BCUT2D eigenvalue weighted by atomic mass is 19.2. The lowest BCUT2D eigenvalue weighted by Crippen LogP contribution is -2.00. The Kier molecular flexibility index (Phi) is 9.26. The van der Waals surface area contributed by atoms with Crippen LogP contribution < -0.4 is 4.74 Å². The fraction of sp³-hybridized carbons (Fsp3) is 0.235. The topological polar surface area (TPSA) is 9.23 Å². The van der Waals surface area contributed by atoms with Crippen molar-refractivity contribution in [2.24, 2.45) is 0 Å². The molecular formula is C34H34F2O. The van der Waals surface area contributed by atoms with Gasteiger partial charge in [-0.1, -0.05) is 105 Å². The Balaban J connectivity index is 1.36. The SMILES string of the molecule is CC=COc1ccc(CCc2ccc(-c3ccc(-c4ccc(CCCCC)cc4)cc3)cc2)c(F)c1F. The molecule has 0 aromatic heterocycles. The van der Waals surface area contributed by atoms with Gasteiger partial charge >= 0.3 is 0 Å². The lowest BCUT2D eigenvalue weighted by Gasteiger charge is -2.09. The van der Waals surface area contributed by atoms with E-state index in [1.807, 2.05) is 0 Å². The van der Waals surface area contributed by atoms with E-state index < -0.39 is 11.6 Å². The van der Waals surface area contributed by atoms with Gasteiger partial charge in [-0.2, -0.15) is 4.39 Å². The summed E-state index contributed by atoms with van der Waals surface area (Å²) < 4.78 is 33.8. The second-order valence-corrected chi connectivity index (χ2v) is 9.37. The Hall–Kier alpha value is -3.72. The highest BCUT2D eigenvalue weighted by Gasteiger charge is 2.14. The summed E-state index contributed by atoms with van der Waals surface area (Å²) in [6.45, 7) is 3.98. The first kappa shape index (κ1) is 26.3. The zero-order valence-corrected chi connectivity index (χ0v) is 21.6. The number of halogens is 2. The van der Waals surface area contributed by atoms with Gasteiger partial charge in [-0.3, -0.25) is 0 Å². The van der Waals surface area contributed by atoms with Crippen LogP contribution in [0.3, 0.4) is 0 Å². The summed E-state index contributed by atoms with van der Waals surface area (Å²) in [5, 5.41) is 0. The number of hydrogen-bond acceptors (Lipinski definition) is 1. The van der Waals surface area contributed by atoms with Crippen molar-refractivity contribution in [3.8, 4) is 28.0 Å². The molecule has 1 nitrogen and oxygen atoms in total. The molecule has 4 rings (SSSR count). The molecule has 4 aromatic carbocycles. The van der Waals surface area contributed by atoms with E-state index in [9.17, 15) is 8.78 Å². The minimum atomic E-state index is -0.947. The Labute approximate surface area is 219 Å². The number of rotatable bonds is 11. The third kappa shape index (κ3) is 6.95. The van der Waals surface area contributed by atoms with E-state index in [-0.39, 0.29) is 5.75 Å². The summed E-state index contributed by atoms with van der Waals surface area (Å²) in [7, 11) is 0. The number of aryl methyl sites for hydroxylation is 3. The molecule has 0 bridgehead atoms.